The third-order valence-corrected chi connectivity index (χ3v) is 2.64. The molecule has 0 saturated heterocycles. The molecule has 0 spiro atoms. The van der Waals surface area contributed by atoms with Crippen LogP contribution in [-0.4, -0.2) is 18.1 Å². The third kappa shape index (κ3) is 6.40. The van der Waals surface area contributed by atoms with Crippen LogP contribution >= 0.6 is 0 Å². The van der Waals surface area contributed by atoms with Gasteiger partial charge in [-0.25, -0.2) is 0 Å². The Morgan fingerprint density at radius 1 is 1.22 bits per heavy atom. The second-order valence-corrected chi connectivity index (χ2v) is 4.91. The summed E-state index contributed by atoms with van der Waals surface area (Å²) >= 11 is 0. The fourth-order valence-electron chi connectivity index (χ4n) is 1.80. The van der Waals surface area contributed by atoms with E-state index in [-0.39, 0.29) is 5.97 Å². The second-order valence-electron chi connectivity index (χ2n) is 4.91. The van der Waals surface area contributed by atoms with E-state index in [4.69, 9.17) is 4.74 Å². The minimum Gasteiger partial charge on any atom is -0.461 e. The van der Waals surface area contributed by atoms with Gasteiger partial charge < -0.3 is 10.1 Å². The molecule has 0 saturated carbocycles. The molecule has 1 N–H and O–H groups in total. The molecule has 0 aliphatic rings. The van der Waals surface area contributed by atoms with Crippen molar-refractivity contribution in [2.75, 3.05) is 0 Å². The molecule has 0 radical (unpaired) electrons. The predicted octanol–water partition coefficient (Wildman–Crippen LogP) is 2.90. The maximum Gasteiger partial charge on any atom is 0.306 e. The average molecular weight is 249 g/mol. The van der Waals surface area contributed by atoms with Crippen molar-refractivity contribution in [3.8, 4) is 0 Å². The van der Waals surface area contributed by atoms with E-state index in [9.17, 15) is 4.79 Å². The molecular formula is C15H23NO2. The van der Waals surface area contributed by atoms with Gasteiger partial charge in [0, 0.05) is 18.5 Å². The Balaban J connectivity index is 2.18. The van der Waals surface area contributed by atoms with Gasteiger partial charge >= 0.3 is 5.97 Å². The van der Waals surface area contributed by atoms with Gasteiger partial charge in [0.15, 0.2) is 0 Å². The SMILES string of the molecule is CC(C)N[C@H](C)CCC(=O)OCc1ccccc1. The van der Waals surface area contributed by atoms with Crippen LogP contribution in [0.15, 0.2) is 30.3 Å². The number of ether oxygens (including phenoxy) is 1. The van der Waals surface area contributed by atoms with E-state index in [0.717, 1.165) is 12.0 Å². The van der Waals surface area contributed by atoms with Gasteiger partial charge in [-0.1, -0.05) is 44.2 Å². The van der Waals surface area contributed by atoms with Gasteiger partial charge in [-0.3, -0.25) is 4.79 Å². The van der Waals surface area contributed by atoms with E-state index in [1.54, 1.807) is 0 Å². The summed E-state index contributed by atoms with van der Waals surface area (Å²) in [4.78, 5) is 11.6. The Kier molecular flexibility index (Phi) is 6.44. The molecule has 1 aromatic carbocycles. The molecule has 0 bridgehead atoms. The van der Waals surface area contributed by atoms with E-state index >= 15 is 0 Å². The van der Waals surface area contributed by atoms with Gasteiger partial charge in [0.05, 0.1) is 0 Å². The van der Waals surface area contributed by atoms with E-state index in [1.807, 2.05) is 30.3 Å². The highest BCUT2D eigenvalue weighted by Gasteiger charge is 2.08. The largest absolute Gasteiger partial charge is 0.461 e. The summed E-state index contributed by atoms with van der Waals surface area (Å²) < 4.78 is 5.22. The molecule has 18 heavy (non-hydrogen) atoms. The first-order valence-corrected chi connectivity index (χ1v) is 6.53. The summed E-state index contributed by atoms with van der Waals surface area (Å²) in [5.74, 6) is -0.128. The summed E-state index contributed by atoms with van der Waals surface area (Å²) in [6, 6.07) is 10.5. The normalized spacial score (nSPS) is 12.4. The van der Waals surface area contributed by atoms with Crippen LogP contribution in [-0.2, 0) is 16.1 Å². The van der Waals surface area contributed by atoms with Crippen molar-refractivity contribution in [3.05, 3.63) is 35.9 Å². The summed E-state index contributed by atoms with van der Waals surface area (Å²) in [5.41, 5.74) is 1.03. The number of carbonyl (C=O) groups is 1. The molecular weight excluding hydrogens is 226 g/mol. The average Bonchev–Trinajstić information content (AvgIpc) is 2.34. The first-order valence-electron chi connectivity index (χ1n) is 6.53. The summed E-state index contributed by atoms with van der Waals surface area (Å²) in [6.45, 7) is 6.66. The molecule has 100 valence electrons. The quantitative estimate of drug-likeness (QED) is 0.755. The highest BCUT2D eigenvalue weighted by atomic mass is 16.5. The van der Waals surface area contributed by atoms with Gasteiger partial charge in [0.1, 0.15) is 6.61 Å². The van der Waals surface area contributed by atoms with Crippen LogP contribution in [0.1, 0.15) is 39.2 Å². The van der Waals surface area contributed by atoms with E-state index in [1.165, 1.54) is 0 Å². The lowest BCUT2D eigenvalue weighted by atomic mass is 10.1. The monoisotopic (exact) mass is 249 g/mol. The van der Waals surface area contributed by atoms with Gasteiger partial charge in [-0.2, -0.15) is 0 Å². The van der Waals surface area contributed by atoms with Crippen molar-refractivity contribution >= 4 is 5.97 Å². The number of hydrogen-bond acceptors (Lipinski definition) is 3. The first kappa shape index (κ1) is 14.7. The standard InChI is InChI=1S/C15H23NO2/c1-12(2)16-13(3)9-10-15(17)18-11-14-7-5-4-6-8-14/h4-8,12-13,16H,9-11H2,1-3H3/t13-/m1/s1. The van der Waals surface area contributed by atoms with Gasteiger partial charge in [-0.15, -0.1) is 0 Å². The number of rotatable bonds is 7. The molecule has 0 fully saturated rings. The van der Waals surface area contributed by atoms with Crippen LogP contribution in [0.5, 0.6) is 0 Å². The smallest absolute Gasteiger partial charge is 0.306 e. The Bertz CT molecular complexity index is 349. The Labute approximate surface area is 110 Å². The number of hydrogen-bond donors (Lipinski definition) is 1. The molecule has 0 heterocycles. The van der Waals surface area contributed by atoms with Crippen molar-refractivity contribution in [3.63, 3.8) is 0 Å². The van der Waals surface area contributed by atoms with Crippen molar-refractivity contribution in [1.29, 1.82) is 0 Å². The summed E-state index contributed by atoms with van der Waals surface area (Å²) in [5, 5.41) is 3.36. The van der Waals surface area contributed by atoms with Crippen molar-refractivity contribution in [2.24, 2.45) is 0 Å². The number of carbonyl (C=O) groups excluding carboxylic acids is 1. The molecule has 0 aliphatic carbocycles. The molecule has 1 atom stereocenters. The van der Waals surface area contributed by atoms with Crippen LogP contribution in [0.3, 0.4) is 0 Å². The Morgan fingerprint density at radius 2 is 1.89 bits per heavy atom. The highest BCUT2D eigenvalue weighted by molar-refractivity contribution is 5.69. The molecule has 0 aliphatic heterocycles. The Morgan fingerprint density at radius 3 is 2.50 bits per heavy atom. The first-order chi connectivity index (χ1) is 8.58. The summed E-state index contributed by atoms with van der Waals surface area (Å²) in [6.07, 6.45) is 1.28. The minimum atomic E-state index is -0.128. The maximum absolute atomic E-state index is 11.6. The summed E-state index contributed by atoms with van der Waals surface area (Å²) in [7, 11) is 0. The zero-order valence-electron chi connectivity index (χ0n) is 11.5. The van der Waals surface area contributed by atoms with E-state index in [0.29, 0.717) is 25.1 Å². The minimum absolute atomic E-state index is 0.128. The van der Waals surface area contributed by atoms with E-state index in [2.05, 4.69) is 26.1 Å². The highest BCUT2D eigenvalue weighted by Crippen LogP contribution is 2.04. The third-order valence-electron chi connectivity index (χ3n) is 2.64. The lowest BCUT2D eigenvalue weighted by Crippen LogP contribution is -2.32. The topological polar surface area (TPSA) is 38.3 Å². The molecule has 0 amide bonds. The second kappa shape index (κ2) is 7.88. The molecule has 1 aromatic rings. The van der Waals surface area contributed by atoms with Crippen molar-refractivity contribution < 1.29 is 9.53 Å². The maximum atomic E-state index is 11.6. The van der Waals surface area contributed by atoms with Crippen LogP contribution in [0, 0.1) is 0 Å². The molecule has 1 rings (SSSR count). The lowest BCUT2D eigenvalue weighted by Gasteiger charge is -2.16. The van der Waals surface area contributed by atoms with Crippen molar-refractivity contribution in [2.45, 2.75) is 52.3 Å². The fraction of sp³-hybridized carbons (Fsp3) is 0.533. The molecule has 0 aromatic heterocycles. The number of nitrogens with one attached hydrogen (secondary N) is 1. The zero-order chi connectivity index (χ0) is 13.4. The lowest BCUT2D eigenvalue weighted by molar-refractivity contribution is -0.145. The Hall–Kier alpha value is -1.35. The van der Waals surface area contributed by atoms with Crippen molar-refractivity contribution in [1.82, 2.24) is 5.32 Å². The molecule has 0 unspecified atom stereocenters. The van der Waals surface area contributed by atoms with Crippen LogP contribution < -0.4 is 5.32 Å². The van der Waals surface area contributed by atoms with E-state index < -0.39 is 0 Å². The number of esters is 1. The van der Waals surface area contributed by atoms with Crippen LogP contribution in [0.4, 0.5) is 0 Å². The number of benzene rings is 1. The predicted molar refractivity (Wildman–Crippen MR) is 73.2 cm³/mol. The fourth-order valence-corrected chi connectivity index (χ4v) is 1.80. The molecule has 3 heteroatoms. The molecule has 3 nitrogen and oxygen atoms in total. The van der Waals surface area contributed by atoms with Gasteiger partial charge in [0.2, 0.25) is 0 Å². The zero-order valence-corrected chi connectivity index (χ0v) is 11.5. The van der Waals surface area contributed by atoms with Gasteiger partial charge in [-0.05, 0) is 18.9 Å². The van der Waals surface area contributed by atoms with Crippen LogP contribution in [0.25, 0.3) is 0 Å². The van der Waals surface area contributed by atoms with Gasteiger partial charge in [0.25, 0.3) is 0 Å². The van der Waals surface area contributed by atoms with Crippen LogP contribution in [0.2, 0.25) is 0 Å².